The van der Waals surface area contributed by atoms with Gasteiger partial charge in [-0.1, -0.05) is 25.3 Å². The molecule has 0 unspecified atom stereocenters. The number of phenolic OH excluding ortho intramolecular Hbond substituents is 1. The Kier molecular flexibility index (Phi) is 3.96. The Morgan fingerprint density at radius 1 is 1.00 bits per heavy atom. The van der Waals surface area contributed by atoms with Gasteiger partial charge in [-0.2, -0.15) is 0 Å². The van der Waals surface area contributed by atoms with Gasteiger partial charge in [-0.3, -0.25) is 0 Å². The number of aromatic nitrogens is 1. The van der Waals surface area contributed by atoms with Crippen LogP contribution in [0.2, 0.25) is 0 Å². The zero-order valence-electron chi connectivity index (χ0n) is 14.0. The monoisotopic (exact) mass is 335 g/mol. The molecular formula is C21H21NO3. The lowest BCUT2D eigenvalue weighted by atomic mass is 9.82. The van der Waals surface area contributed by atoms with Crippen molar-refractivity contribution in [1.82, 2.24) is 4.98 Å². The molecule has 0 amide bonds. The number of phenols is 1. The van der Waals surface area contributed by atoms with Crippen molar-refractivity contribution < 1.29 is 15.0 Å². The van der Waals surface area contributed by atoms with Crippen molar-refractivity contribution in [2.75, 3.05) is 0 Å². The maximum Gasteiger partial charge on any atom is 0.335 e. The van der Waals surface area contributed by atoms with E-state index in [0.29, 0.717) is 11.5 Å². The van der Waals surface area contributed by atoms with Gasteiger partial charge in [0.1, 0.15) is 5.75 Å². The van der Waals surface area contributed by atoms with E-state index in [9.17, 15) is 15.0 Å². The van der Waals surface area contributed by atoms with Crippen LogP contribution in [0.1, 0.15) is 53.9 Å². The number of nitrogens with one attached hydrogen (secondary N) is 1. The van der Waals surface area contributed by atoms with Crippen molar-refractivity contribution in [2.45, 2.75) is 38.0 Å². The van der Waals surface area contributed by atoms with Gasteiger partial charge in [0, 0.05) is 16.6 Å². The van der Waals surface area contributed by atoms with Gasteiger partial charge in [-0.05, 0) is 66.3 Å². The van der Waals surface area contributed by atoms with Gasteiger partial charge in [0.2, 0.25) is 0 Å². The molecule has 0 saturated heterocycles. The molecule has 1 saturated carbocycles. The van der Waals surface area contributed by atoms with E-state index in [1.54, 1.807) is 24.3 Å². The predicted octanol–water partition coefficient (Wildman–Crippen LogP) is 5.29. The number of hydrogen-bond donors (Lipinski definition) is 3. The second kappa shape index (κ2) is 6.28. The minimum Gasteiger partial charge on any atom is -0.508 e. The Balaban J connectivity index is 1.92. The number of carboxylic acid groups (broad SMARTS) is 1. The minimum absolute atomic E-state index is 0.243. The highest BCUT2D eigenvalue weighted by Crippen LogP contribution is 2.42. The molecule has 1 fully saturated rings. The summed E-state index contributed by atoms with van der Waals surface area (Å²) in [5.41, 5.74) is 4.51. The molecular weight excluding hydrogens is 314 g/mol. The number of H-pyrrole nitrogens is 1. The number of rotatable bonds is 3. The van der Waals surface area contributed by atoms with E-state index in [1.165, 1.54) is 37.7 Å². The van der Waals surface area contributed by atoms with E-state index in [0.717, 1.165) is 22.2 Å². The normalized spacial score (nSPS) is 15.5. The largest absolute Gasteiger partial charge is 0.508 e. The van der Waals surface area contributed by atoms with Crippen LogP contribution in [0.4, 0.5) is 0 Å². The van der Waals surface area contributed by atoms with Crippen LogP contribution >= 0.6 is 0 Å². The average molecular weight is 335 g/mol. The standard InChI is InChI=1S/C21H21NO3/c23-16-9-6-14(7-10-16)20-19(13-4-2-1-3-5-13)17-11-8-15(21(24)25)12-18(17)22-20/h6-13,22-23H,1-5H2,(H,24,25). The summed E-state index contributed by atoms with van der Waals surface area (Å²) < 4.78 is 0. The number of hydrogen-bond acceptors (Lipinski definition) is 2. The molecule has 25 heavy (non-hydrogen) atoms. The van der Waals surface area contributed by atoms with Crippen LogP contribution in [0, 0.1) is 0 Å². The number of aromatic amines is 1. The van der Waals surface area contributed by atoms with Gasteiger partial charge in [-0.15, -0.1) is 0 Å². The highest BCUT2D eigenvalue weighted by molar-refractivity contribution is 5.97. The van der Waals surface area contributed by atoms with Crippen molar-refractivity contribution in [2.24, 2.45) is 0 Å². The molecule has 1 aliphatic carbocycles. The molecule has 3 aromatic rings. The van der Waals surface area contributed by atoms with Crippen LogP contribution < -0.4 is 0 Å². The smallest absolute Gasteiger partial charge is 0.335 e. The Morgan fingerprint density at radius 2 is 1.72 bits per heavy atom. The minimum atomic E-state index is -0.915. The van der Waals surface area contributed by atoms with Crippen LogP contribution in [-0.2, 0) is 0 Å². The SMILES string of the molecule is O=C(O)c1ccc2c(C3CCCCC3)c(-c3ccc(O)cc3)[nH]c2c1. The van der Waals surface area contributed by atoms with Gasteiger partial charge in [0.15, 0.2) is 0 Å². The summed E-state index contributed by atoms with van der Waals surface area (Å²) in [7, 11) is 0. The second-order valence-electron chi connectivity index (χ2n) is 6.86. The Hall–Kier alpha value is -2.75. The molecule has 4 heteroatoms. The van der Waals surface area contributed by atoms with Crippen molar-refractivity contribution >= 4 is 16.9 Å². The Bertz CT molecular complexity index is 918. The molecule has 4 rings (SSSR count). The van der Waals surface area contributed by atoms with E-state index >= 15 is 0 Å². The first kappa shape index (κ1) is 15.8. The summed E-state index contributed by atoms with van der Waals surface area (Å²) in [6.07, 6.45) is 6.09. The quantitative estimate of drug-likeness (QED) is 0.609. The predicted molar refractivity (Wildman–Crippen MR) is 98.2 cm³/mol. The fourth-order valence-electron chi connectivity index (χ4n) is 4.02. The summed E-state index contributed by atoms with van der Waals surface area (Å²) >= 11 is 0. The molecule has 0 radical (unpaired) electrons. The molecule has 128 valence electrons. The first-order valence-electron chi connectivity index (χ1n) is 8.82. The zero-order chi connectivity index (χ0) is 17.4. The van der Waals surface area contributed by atoms with Crippen LogP contribution in [0.15, 0.2) is 42.5 Å². The van der Waals surface area contributed by atoms with Crippen LogP contribution in [0.3, 0.4) is 0 Å². The third-order valence-corrected chi connectivity index (χ3v) is 5.26. The summed E-state index contributed by atoms with van der Waals surface area (Å²) in [6.45, 7) is 0. The van der Waals surface area contributed by atoms with Gasteiger partial charge >= 0.3 is 5.97 Å². The number of benzene rings is 2. The summed E-state index contributed by atoms with van der Waals surface area (Å²) in [6, 6.07) is 12.5. The molecule has 1 aromatic heterocycles. The lowest BCUT2D eigenvalue weighted by molar-refractivity contribution is 0.0697. The van der Waals surface area contributed by atoms with E-state index < -0.39 is 5.97 Å². The number of carbonyl (C=O) groups is 1. The number of fused-ring (bicyclic) bond motifs is 1. The highest BCUT2D eigenvalue weighted by Gasteiger charge is 2.24. The molecule has 2 aromatic carbocycles. The van der Waals surface area contributed by atoms with Crippen LogP contribution in [0.5, 0.6) is 5.75 Å². The van der Waals surface area contributed by atoms with Gasteiger partial charge in [-0.25, -0.2) is 4.79 Å². The third-order valence-electron chi connectivity index (χ3n) is 5.26. The number of aromatic carboxylic acids is 1. The Labute approximate surface area is 146 Å². The highest BCUT2D eigenvalue weighted by atomic mass is 16.4. The first-order chi connectivity index (χ1) is 12.1. The van der Waals surface area contributed by atoms with Crippen molar-refractivity contribution in [3.8, 4) is 17.0 Å². The summed E-state index contributed by atoms with van der Waals surface area (Å²) in [5.74, 6) is -0.184. The third kappa shape index (κ3) is 2.88. The van der Waals surface area contributed by atoms with Crippen molar-refractivity contribution in [3.63, 3.8) is 0 Å². The van der Waals surface area contributed by atoms with Gasteiger partial charge in [0.05, 0.1) is 5.56 Å². The zero-order valence-corrected chi connectivity index (χ0v) is 14.0. The maximum atomic E-state index is 11.3. The molecule has 4 nitrogen and oxygen atoms in total. The lowest BCUT2D eigenvalue weighted by Gasteiger charge is -2.23. The molecule has 1 heterocycles. The molecule has 1 aliphatic rings. The maximum absolute atomic E-state index is 11.3. The fraction of sp³-hybridized carbons (Fsp3) is 0.286. The topological polar surface area (TPSA) is 73.3 Å². The van der Waals surface area contributed by atoms with E-state index in [-0.39, 0.29) is 5.75 Å². The molecule has 0 bridgehead atoms. The lowest BCUT2D eigenvalue weighted by Crippen LogP contribution is -2.05. The van der Waals surface area contributed by atoms with Gasteiger partial charge < -0.3 is 15.2 Å². The summed E-state index contributed by atoms with van der Waals surface area (Å²) in [5, 5.41) is 20.0. The molecule has 0 aliphatic heterocycles. The van der Waals surface area contributed by atoms with Gasteiger partial charge in [0.25, 0.3) is 0 Å². The molecule has 0 spiro atoms. The van der Waals surface area contributed by atoms with Crippen LogP contribution in [0.25, 0.3) is 22.2 Å². The Morgan fingerprint density at radius 3 is 2.40 bits per heavy atom. The van der Waals surface area contributed by atoms with E-state index in [4.69, 9.17) is 0 Å². The molecule has 3 N–H and O–H groups in total. The van der Waals surface area contributed by atoms with E-state index in [2.05, 4.69) is 4.98 Å². The first-order valence-corrected chi connectivity index (χ1v) is 8.82. The molecule has 0 atom stereocenters. The number of aromatic hydroxyl groups is 1. The van der Waals surface area contributed by atoms with Crippen LogP contribution in [-0.4, -0.2) is 21.2 Å². The summed E-state index contributed by atoms with van der Waals surface area (Å²) in [4.78, 5) is 14.8. The van der Waals surface area contributed by atoms with E-state index in [1.807, 2.05) is 18.2 Å². The fourth-order valence-corrected chi connectivity index (χ4v) is 4.02. The average Bonchev–Trinajstić information content (AvgIpc) is 3.01. The van der Waals surface area contributed by atoms with Crippen molar-refractivity contribution in [3.05, 3.63) is 53.6 Å². The van der Waals surface area contributed by atoms with Crippen molar-refractivity contribution in [1.29, 1.82) is 0 Å². The number of carboxylic acids is 1. The second-order valence-corrected chi connectivity index (χ2v) is 6.86.